The number of aliphatic hydroxyl groups is 1. The van der Waals surface area contributed by atoms with Crippen molar-refractivity contribution in [1.82, 2.24) is 0 Å². The zero-order chi connectivity index (χ0) is 22.7. The molecule has 172 valence electrons. The lowest BCUT2D eigenvalue weighted by Crippen LogP contribution is -2.41. The lowest BCUT2D eigenvalue weighted by atomic mass is 9.80. The van der Waals surface area contributed by atoms with Gasteiger partial charge in [-0.15, -0.1) is 11.3 Å². The molecule has 4 rings (SSSR count). The molecule has 3 nitrogen and oxygen atoms in total. The first-order chi connectivity index (χ1) is 15.5. The fourth-order valence-corrected chi connectivity index (χ4v) is 6.45. The van der Waals surface area contributed by atoms with Gasteiger partial charge in [0.05, 0.1) is 16.7 Å². The highest BCUT2D eigenvalue weighted by Gasteiger charge is 2.34. The summed E-state index contributed by atoms with van der Waals surface area (Å²) in [6.45, 7) is 10.9. The molecular weight excluding hydrogens is 414 g/mol. The molecule has 1 aromatic heterocycles. The van der Waals surface area contributed by atoms with Gasteiger partial charge in [-0.1, -0.05) is 63.3 Å². The smallest absolute Gasteiger partial charge is 0.127 e. The van der Waals surface area contributed by atoms with Crippen molar-refractivity contribution in [2.45, 2.75) is 70.4 Å². The van der Waals surface area contributed by atoms with Crippen molar-refractivity contribution < 1.29 is 9.84 Å². The third-order valence-electron chi connectivity index (χ3n) is 7.43. The van der Waals surface area contributed by atoms with Crippen LogP contribution in [0.3, 0.4) is 0 Å². The number of hydrogen-bond donors (Lipinski definition) is 1. The fraction of sp³-hybridized carbons (Fsp3) is 0.500. The van der Waals surface area contributed by atoms with Crippen LogP contribution in [-0.4, -0.2) is 24.4 Å². The summed E-state index contributed by atoms with van der Waals surface area (Å²) in [6.07, 6.45) is 9.59. The van der Waals surface area contributed by atoms with Gasteiger partial charge in [-0.3, -0.25) is 0 Å². The van der Waals surface area contributed by atoms with Crippen molar-refractivity contribution in [1.29, 1.82) is 0 Å². The lowest BCUT2D eigenvalue weighted by molar-refractivity contribution is 0.0658. The van der Waals surface area contributed by atoms with Crippen molar-refractivity contribution in [3.8, 4) is 10.4 Å². The zero-order valence-electron chi connectivity index (χ0n) is 19.6. The molecule has 0 saturated heterocycles. The Morgan fingerprint density at radius 1 is 1.00 bits per heavy atom. The summed E-state index contributed by atoms with van der Waals surface area (Å²) in [5.41, 5.74) is 3.47. The molecule has 0 amide bonds. The zero-order valence-corrected chi connectivity index (χ0v) is 20.4. The number of hydrogen-bond acceptors (Lipinski definition) is 4. The first-order valence-electron chi connectivity index (χ1n) is 12.1. The first-order valence-corrected chi connectivity index (χ1v) is 12.9. The molecule has 0 spiro atoms. The van der Waals surface area contributed by atoms with E-state index in [1.54, 1.807) is 11.3 Å². The highest BCUT2D eigenvalue weighted by atomic mass is 32.1. The minimum atomic E-state index is 0.146. The topological polar surface area (TPSA) is 32.7 Å². The number of ether oxygens (including phenoxy) is 1. The molecule has 0 radical (unpaired) electrons. The molecule has 2 fully saturated rings. The Balaban J connectivity index is 1.71. The van der Waals surface area contributed by atoms with Crippen LogP contribution in [0.25, 0.3) is 16.2 Å². The molecular formula is C28H37NO2S. The minimum absolute atomic E-state index is 0.146. The summed E-state index contributed by atoms with van der Waals surface area (Å²) in [6, 6.07) is 13.1. The van der Waals surface area contributed by atoms with Crippen LogP contribution < -0.4 is 4.90 Å². The van der Waals surface area contributed by atoms with Crippen molar-refractivity contribution in [2.24, 2.45) is 11.8 Å². The maximum absolute atomic E-state index is 10.6. The van der Waals surface area contributed by atoms with Crippen LogP contribution in [0.1, 0.15) is 63.2 Å². The van der Waals surface area contributed by atoms with Gasteiger partial charge < -0.3 is 14.7 Å². The summed E-state index contributed by atoms with van der Waals surface area (Å²) < 4.78 is 5.64. The van der Waals surface area contributed by atoms with Gasteiger partial charge in [-0.05, 0) is 62.0 Å². The molecule has 1 aromatic carbocycles. The number of rotatable bonds is 7. The standard InChI is InChI=1S/C28H37NO2S/c1-19-10-12-22(13-11-19)20(2)29(24-14-16-25(31-4)17-15-24)26-18-27(32-28(26)21(3)30)23-8-6-5-7-9-23/h5-9,18-19,22,24-25,30H,2-3,10-17H2,1,4H3. The van der Waals surface area contributed by atoms with Crippen LogP contribution in [-0.2, 0) is 4.74 Å². The molecule has 2 saturated carbocycles. The van der Waals surface area contributed by atoms with Gasteiger partial charge in [0, 0.05) is 23.7 Å². The van der Waals surface area contributed by atoms with Crippen LogP contribution in [0.4, 0.5) is 5.69 Å². The van der Waals surface area contributed by atoms with E-state index in [1.807, 2.05) is 13.2 Å². The van der Waals surface area contributed by atoms with Gasteiger partial charge in [-0.2, -0.15) is 0 Å². The first kappa shape index (κ1) is 23.1. The van der Waals surface area contributed by atoms with Gasteiger partial charge in [0.15, 0.2) is 0 Å². The van der Waals surface area contributed by atoms with E-state index in [9.17, 15) is 5.11 Å². The van der Waals surface area contributed by atoms with Crippen molar-refractivity contribution >= 4 is 22.8 Å². The highest BCUT2D eigenvalue weighted by molar-refractivity contribution is 7.17. The monoisotopic (exact) mass is 451 g/mol. The van der Waals surface area contributed by atoms with Crippen LogP contribution in [0.2, 0.25) is 0 Å². The second kappa shape index (κ2) is 10.3. The second-order valence-corrected chi connectivity index (χ2v) is 10.7. The van der Waals surface area contributed by atoms with Gasteiger partial charge in [-0.25, -0.2) is 0 Å². The molecule has 2 aromatic rings. The van der Waals surface area contributed by atoms with Crippen LogP contribution in [0.15, 0.2) is 55.3 Å². The third-order valence-corrected chi connectivity index (χ3v) is 8.65. The van der Waals surface area contributed by atoms with E-state index >= 15 is 0 Å². The summed E-state index contributed by atoms with van der Waals surface area (Å²) in [5.74, 6) is 1.46. The van der Waals surface area contributed by atoms with Gasteiger partial charge in [0.2, 0.25) is 0 Å². The van der Waals surface area contributed by atoms with Crippen LogP contribution >= 0.6 is 11.3 Å². The third kappa shape index (κ3) is 4.97. The summed E-state index contributed by atoms with van der Waals surface area (Å²) in [5, 5.41) is 10.6. The number of anilines is 1. The number of allylic oxidation sites excluding steroid dienone is 1. The van der Waals surface area contributed by atoms with Gasteiger partial charge in [0.25, 0.3) is 0 Å². The summed E-state index contributed by atoms with van der Waals surface area (Å²) in [4.78, 5) is 4.50. The number of thiophene rings is 1. The van der Waals surface area contributed by atoms with Crippen molar-refractivity contribution in [2.75, 3.05) is 12.0 Å². The molecule has 1 heterocycles. The van der Waals surface area contributed by atoms with E-state index in [0.29, 0.717) is 18.1 Å². The Hall–Kier alpha value is -2.04. The maximum atomic E-state index is 10.6. The minimum Gasteiger partial charge on any atom is -0.507 e. The fourth-order valence-electron chi connectivity index (χ4n) is 5.43. The van der Waals surface area contributed by atoms with Crippen LogP contribution in [0.5, 0.6) is 0 Å². The van der Waals surface area contributed by atoms with E-state index < -0.39 is 0 Å². The quantitative estimate of drug-likeness (QED) is 0.432. The number of methoxy groups -OCH3 is 1. The van der Waals surface area contributed by atoms with Gasteiger partial charge >= 0.3 is 0 Å². The number of nitrogens with zero attached hydrogens (tertiary/aromatic N) is 1. The molecule has 2 aliphatic rings. The molecule has 0 unspecified atom stereocenters. The molecule has 0 aliphatic heterocycles. The Bertz CT molecular complexity index is 918. The number of benzene rings is 1. The van der Waals surface area contributed by atoms with E-state index in [0.717, 1.165) is 47.0 Å². The largest absolute Gasteiger partial charge is 0.507 e. The highest BCUT2D eigenvalue weighted by Crippen LogP contribution is 2.45. The summed E-state index contributed by atoms with van der Waals surface area (Å²) >= 11 is 1.63. The predicted molar refractivity (Wildman–Crippen MR) is 137 cm³/mol. The van der Waals surface area contributed by atoms with E-state index in [4.69, 9.17) is 4.74 Å². The SMILES string of the molecule is C=C(O)c1sc(-c2ccccc2)cc1N(C(=C)C1CCC(C)CC1)C1CCC(OC)CC1. The average molecular weight is 452 g/mol. The maximum Gasteiger partial charge on any atom is 0.127 e. The molecule has 0 bridgehead atoms. The second-order valence-electron chi connectivity index (χ2n) is 9.62. The van der Waals surface area contributed by atoms with E-state index in [1.165, 1.54) is 36.9 Å². The molecule has 1 N–H and O–H groups in total. The van der Waals surface area contributed by atoms with E-state index in [-0.39, 0.29) is 5.76 Å². The Morgan fingerprint density at radius 3 is 2.25 bits per heavy atom. The molecule has 32 heavy (non-hydrogen) atoms. The van der Waals surface area contributed by atoms with Crippen molar-refractivity contribution in [3.05, 3.63) is 60.1 Å². The molecule has 2 aliphatic carbocycles. The van der Waals surface area contributed by atoms with Crippen LogP contribution in [0, 0.1) is 11.8 Å². The average Bonchev–Trinajstić information content (AvgIpc) is 3.26. The van der Waals surface area contributed by atoms with Gasteiger partial charge in [0.1, 0.15) is 5.76 Å². The Labute approximate surface area is 197 Å². The Kier molecular flexibility index (Phi) is 7.42. The lowest BCUT2D eigenvalue weighted by Gasteiger charge is -2.42. The molecule has 4 heteroatoms. The normalized spacial score (nSPS) is 25.9. The molecule has 0 atom stereocenters. The summed E-state index contributed by atoms with van der Waals surface area (Å²) in [7, 11) is 1.82. The Morgan fingerprint density at radius 2 is 1.66 bits per heavy atom. The predicted octanol–water partition coefficient (Wildman–Crippen LogP) is 8.05. The number of aliphatic hydroxyl groups excluding tert-OH is 1. The van der Waals surface area contributed by atoms with Crippen molar-refractivity contribution in [3.63, 3.8) is 0 Å². The van der Waals surface area contributed by atoms with E-state index in [2.05, 4.69) is 55.3 Å².